The van der Waals surface area contributed by atoms with Crippen molar-refractivity contribution in [2.75, 3.05) is 0 Å². The van der Waals surface area contributed by atoms with Crippen molar-refractivity contribution >= 4 is 9.84 Å². The predicted molar refractivity (Wildman–Crippen MR) is 65.1 cm³/mol. The molecule has 1 N–H and O–H groups in total. The van der Waals surface area contributed by atoms with E-state index in [0.717, 1.165) is 0 Å². The third-order valence-corrected chi connectivity index (χ3v) is 7.11. The Hall–Kier alpha value is -1.15. The second kappa shape index (κ2) is 4.42. The van der Waals surface area contributed by atoms with Gasteiger partial charge < -0.3 is 5.11 Å². The number of rotatable bonds is 1. The van der Waals surface area contributed by atoms with Crippen LogP contribution in [0.25, 0.3) is 0 Å². The van der Waals surface area contributed by atoms with Gasteiger partial charge in [0.1, 0.15) is 0 Å². The fourth-order valence-corrected chi connectivity index (χ4v) is 5.92. The molecule has 2 saturated heterocycles. The summed E-state index contributed by atoms with van der Waals surface area (Å²) in [5, 5.41) is 8.61. The zero-order valence-electron chi connectivity index (χ0n) is 10.7. The molecule has 0 amide bonds. The predicted octanol–water partition coefficient (Wildman–Crippen LogP) is 2.17. The maximum Gasteiger partial charge on any atom is 0.168 e. The van der Waals surface area contributed by atoms with Gasteiger partial charge in [0.2, 0.25) is 0 Å². The van der Waals surface area contributed by atoms with Crippen molar-refractivity contribution in [1.82, 2.24) is 0 Å². The van der Waals surface area contributed by atoms with E-state index in [9.17, 15) is 31.1 Å². The molecular weight excluding hydrogens is 312 g/mol. The summed E-state index contributed by atoms with van der Waals surface area (Å²) >= 11 is 0. The quantitative estimate of drug-likeness (QED) is 0.636. The Labute approximate surface area is 118 Å². The molecule has 0 radical (unpaired) electrons. The number of aliphatic hydroxyl groups is 1. The van der Waals surface area contributed by atoms with Crippen LogP contribution >= 0.6 is 0 Å². The van der Waals surface area contributed by atoms with Gasteiger partial charge in [-0.3, -0.25) is 0 Å². The van der Waals surface area contributed by atoms with Crippen LogP contribution in [-0.2, 0) is 15.4 Å². The Bertz CT molecular complexity index is 670. The molecule has 2 fully saturated rings. The van der Waals surface area contributed by atoms with Crippen molar-refractivity contribution in [2.24, 2.45) is 0 Å². The topological polar surface area (TPSA) is 54.4 Å². The molecule has 116 valence electrons. The second-order valence-electron chi connectivity index (χ2n) is 5.69. The van der Waals surface area contributed by atoms with Gasteiger partial charge in [-0.25, -0.2) is 26.0 Å². The van der Waals surface area contributed by atoms with E-state index < -0.39 is 67.6 Å². The number of sulfone groups is 1. The van der Waals surface area contributed by atoms with Gasteiger partial charge in [0.25, 0.3) is 0 Å². The molecule has 0 spiro atoms. The highest BCUT2D eigenvalue weighted by atomic mass is 32.2. The molecule has 2 heterocycles. The summed E-state index contributed by atoms with van der Waals surface area (Å²) in [5.74, 6) is -6.57. The fourth-order valence-electron chi connectivity index (χ4n) is 3.43. The minimum Gasteiger partial charge on any atom is -0.385 e. The van der Waals surface area contributed by atoms with Gasteiger partial charge in [-0.15, -0.1) is 0 Å². The van der Waals surface area contributed by atoms with E-state index in [0.29, 0.717) is 0 Å². The van der Waals surface area contributed by atoms with Crippen LogP contribution in [0.1, 0.15) is 31.2 Å². The first kappa shape index (κ1) is 14.8. The van der Waals surface area contributed by atoms with Gasteiger partial charge in [0, 0.05) is 6.07 Å². The maximum absolute atomic E-state index is 13.8. The van der Waals surface area contributed by atoms with Crippen molar-refractivity contribution in [3.63, 3.8) is 0 Å². The Kier molecular flexibility index (Phi) is 3.11. The SMILES string of the molecule is O=S1(=O)C2CCC1CC(O)(c1c(F)c(F)cc(F)c1F)C2. The molecule has 8 heteroatoms. The molecule has 0 saturated carbocycles. The summed E-state index contributed by atoms with van der Waals surface area (Å²) in [7, 11) is -3.45. The first-order valence-corrected chi connectivity index (χ1v) is 8.06. The Morgan fingerprint density at radius 2 is 1.43 bits per heavy atom. The van der Waals surface area contributed by atoms with Gasteiger partial charge in [0.05, 0.1) is 21.7 Å². The summed E-state index contributed by atoms with van der Waals surface area (Å²) in [5.41, 5.74) is -3.32. The van der Waals surface area contributed by atoms with Gasteiger partial charge in [0.15, 0.2) is 33.1 Å². The van der Waals surface area contributed by atoms with Crippen molar-refractivity contribution in [2.45, 2.75) is 41.8 Å². The largest absolute Gasteiger partial charge is 0.385 e. The van der Waals surface area contributed by atoms with Gasteiger partial charge in [-0.1, -0.05) is 0 Å². The normalized spacial score (nSPS) is 34.1. The number of fused-ring (bicyclic) bond motifs is 2. The average molecular weight is 324 g/mol. The van der Waals surface area contributed by atoms with Crippen LogP contribution in [0.5, 0.6) is 0 Å². The average Bonchev–Trinajstić information content (AvgIpc) is 2.57. The number of halogens is 4. The van der Waals surface area contributed by atoms with E-state index >= 15 is 0 Å². The van der Waals surface area contributed by atoms with E-state index in [4.69, 9.17) is 0 Å². The molecule has 0 aliphatic carbocycles. The lowest BCUT2D eigenvalue weighted by atomic mass is 9.85. The molecule has 1 aromatic carbocycles. The second-order valence-corrected chi connectivity index (χ2v) is 8.20. The molecule has 3 rings (SSSR count). The molecule has 3 nitrogen and oxygen atoms in total. The Morgan fingerprint density at radius 3 is 1.86 bits per heavy atom. The monoisotopic (exact) mass is 324 g/mol. The van der Waals surface area contributed by atoms with E-state index in [1.807, 2.05) is 0 Å². The summed E-state index contributed by atoms with van der Waals surface area (Å²) in [6.07, 6.45) is -0.363. The lowest BCUT2D eigenvalue weighted by Gasteiger charge is -2.36. The summed E-state index contributed by atoms with van der Waals surface area (Å²) in [6, 6.07) is 0.0612. The van der Waals surface area contributed by atoms with Gasteiger partial charge >= 0.3 is 0 Å². The van der Waals surface area contributed by atoms with Gasteiger partial charge in [-0.05, 0) is 25.7 Å². The molecular formula is C13H12F4O3S. The fraction of sp³-hybridized carbons (Fsp3) is 0.538. The minimum atomic E-state index is -3.45. The maximum atomic E-state index is 13.8. The van der Waals surface area contributed by atoms with E-state index in [-0.39, 0.29) is 18.9 Å². The summed E-state index contributed by atoms with van der Waals surface area (Å²) < 4.78 is 78.2. The third kappa shape index (κ3) is 1.99. The highest BCUT2D eigenvalue weighted by Crippen LogP contribution is 2.49. The van der Waals surface area contributed by atoms with Crippen LogP contribution in [-0.4, -0.2) is 24.0 Å². The molecule has 21 heavy (non-hydrogen) atoms. The molecule has 0 aromatic heterocycles. The first-order valence-electron chi connectivity index (χ1n) is 6.45. The Morgan fingerprint density at radius 1 is 1.00 bits per heavy atom. The van der Waals surface area contributed by atoms with Crippen molar-refractivity contribution in [3.8, 4) is 0 Å². The van der Waals surface area contributed by atoms with Crippen LogP contribution in [0.15, 0.2) is 6.07 Å². The Balaban J connectivity index is 2.14. The first-order chi connectivity index (χ1) is 9.67. The molecule has 2 atom stereocenters. The zero-order valence-corrected chi connectivity index (χ0v) is 11.6. The number of hydrogen-bond acceptors (Lipinski definition) is 3. The molecule has 2 aliphatic heterocycles. The molecule has 1 aromatic rings. The van der Waals surface area contributed by atoms with Crippen LogP contribution in [0.4, 0.5) is 17.6 Å². The zero-order chi connectivity index (χ0) is 15.6. The smallest absolute Gasteiger partial charge is 0.168 e. The van der Waals surface area contributed by atoms with E-state index in [2.05, 4.69) is 0 Å². The highest BCUT2D eigenvalue weighted by molar-refractivity contribution is 7.93. The van der Waals surface area contributed by atoms with E-state index in [1.165, 1.54) is 0 Å². The minimum absolute atomic E-state index is 0.0612. The lowest BCUT2D eigenvalue weighted by Crippen LogP contribution is -2.44. The van der Waals surface area contributed by atoms with Crippen LogP contribution in [0.2, 0.25) is 0 Å². The molecule has 2 unspecified atom stereocenters. The van der Waals surface area contributed by atoms with E-state index in [1.54, 1.807) is 0 Å². The lowest BCUT2D eigenvalue weighted by molar-refractivity contribution is 0.00899. The molecule has 2 aliphatic rings. The summed E-state index contributed by atoms with van der Waals surface area (Å²) in [4.78, 5) is 0. The highest BCUT2D eigenvalue weighted by Gasteiger charge is 2.55. The summed E-state index contributed by atoms with van der Waals surface area (Å²) in [6.45, 7) is 0. The van der Waals surface area contributed by atoms with Crippen molar-refractivity contribution < 1.29 is 31.1 Å². The standard InChI is InChI=1S/C13H12F4O3S/c14-8-3-9(15)12(17)10(11(8)16)13(18)4-6-1-2-7(5-13)21(6,19)20/h3,6-7,18H,1-2,4-5H2. The van der Waals surface area contributed by atoms with Crippen LogP contribution in [0.3, 0.4) is 0 Å². The van der Waals surface area contributed by atoms with Crippen LogP contribution in [0, 0.1) is 23.3 Å². The van der Waals surface area contributed by atoms with Crippen molar-refractivity contribution in [3.05, 3.63) is 34.9 Å². The third-order valence-electron chi connectivity index (χ3n) is 4.45. The number of hydrogen-bond donors (Lipinski definition) is 1. The molecule has 2 bridgehead atoms. The van der Waals surface area contributed by atoms with Crippen molar-refractivity contribution in [1.29, 1.82) is 0 Å². The van der Waals surface area contributed by atoms with Gasteiger partial charge in [-0.2, -0.15) is 0 Å². The number of benzene rings is 1. The van der Waals surface area contributed by atoms with Crippen LogP contribution < -0.4 is 0 Å².